The highest BCUT2D eigenvalue weighted by Gasteiger charge is 2.14. The number of aromatic nitrogens is 1. The third kappa shape index (κ3) is 2.76. The minimum atomic E-state index is 0.275. The van der Waals surface area contributed by atoms with Crippen LogP contribution in [0.4, 0.5) is 10.8 Å². The molecule has 1 aromatic heterocycles. The Labute approximate surface area is 143 Å². The predicted molar refractivity (Wildman–Crippen MR) is 94.7 cm³/mol. The maximum absolute atomic E-state index is 5.40. The van der Waals surface area contributed by atoms with E-state index in [9.17, 15) is 0 Å². The number of hydrogen-bond donors (Lipinski definition) is 1. The zero-order chi connectivity index (χ0) is 16.5. The molecule has 0 spiro atoms. The van der Waals surface area contributed by atoms with Crippen molar-refractivity contribution < 1.29 is 14.2 Å². The molecule has 0 saturated heterocycles. The quantitative estimate of drug-likeness (QED) is 0.752. The highest BCUT2D eigenvalue weighted by atomic mass is 32.1. The summed E-state index contributed by atoms with van der Waals surface area (Å²) in [7, 11) is 1.67. The minimum Gasteiger partial charge on any atom is -0.497 e. The van der Waals surface area contributed by atoms with Crippen molar-refractivity contribution in [2.75, 3.05) is 19.2 Å². The Morgan fingerprint density at radius 1 is 1.12 bits per heavy atom. The van der Waals surface area contributed by atoms with Gasteiger partial charge in [0.15, 0.2) is 16.6 Å². The molecular weight excluding hydrogens is 324 g/mol. The second-order valence-corrected chi connectivity index (χ2v) is 6.27. The van der Waals surface area contributed by atoms with E-state index in [1.807, 2.05) is 41.8 Å². The number of anilines is 2. The van der Waals surface area contributed by atoms with Crippen molar-refractivity contribution in [2.24, 2.45) is 0 Å². The van der Waals surface area contributed by atoms with Gasteiger partial charge in [-0.1, -0.05) is 0 Å². The third-order valence-corrected chi connectivity index (χ3v) is 4.60. The summed E-state index contributed by atoms with van der Waals surface area (Å²) in [4.78, 5) is 4.68. The molecule has 122 valence electrons. The van der Waals surface area contributed by atoms with E-state index in [1.165, 1.54) is 0 Å². The summed E-state index contributed by atoms with van der Waals surface area (Å²) in [5.74, 6) is 2.38. The molecule has 1 aliphatic rings. The van der Waals surface area contributed by atoms with E-state index in [0.717, 1.165) is 44.9 Å². The smallest absolute Gasteiger partial charge is 0.231 e. The third-order valence-electron chi connectivity index (χ3n) is 3.84. The van der Waals surface area contributed by atoms with Crippen LogP contribution in [-0.4, -0.2) is 18.9 Å². The lowest BCUT2D eigenvalue weighted by Crippen LogP contribution is -1.93. The molecule has 1 N–H and O–H groups in total. The lowest BCUT2D eigenvalue weighted by molar-refractivity contribution is 0.174. The number of benzene rings is 2. The van der Waals surface area contributed by atoms with Crippen LogP contribution in [0.5, 0.6) is 17.2 Å². The maximum atomic E-state index is 5.40. The van der Waals surface area contributed by atoms with Crippen molar-refractivity contribution in [3.8, 4) is 28.5 Å². The summed E-state index contributed by atoms with van der Waals surface area (Å²) < 4.78 is 16.0. The number of aryl methyl sites for hydroxylation is 1. The van der Waals surface area contributed by atoms with Crippen molar-refractivity contribution in [2.45, 2.75) is 6.92 Å². The second kappa shape index (κ2) is 6.05. The summed E-state index contributed by atoms with van der Waals surface area (Å²) in [6, 6.07) is 11.8. The van der Waals surface area contributed by atoms with E-state index < -0.39 is 0 Å². The first-order valence-corrected chi connectivity index (χ1v) is 8.38. The van der Waals surface area contributed by atoms with Gasteiger partial charge in [-0.3, -0.25) is 0 Å². The Kier molecular flexibility index (Phi) is 3.74. The molecule has 0 radical (unpaired) electrons. The summed E-state index contributed by atoms with van der Waals surface area (Å²) >= 11 is 1.57. The summed E-state index contributed by atoms with van der Waals surface area (Å²) in [6.45, 7) is 2.33. The van der Waals surface area contributed by atoms with Crippen LogP contribution < -0.4 is 19.5 Å². The van der Waals surface area contributed by atoms with Crippen molar-refractivity contribution in [3.63, 3.8) is 0 Å². The Hall–Kier alpha value is -2.73. The zero-order valence-corrected chi connectivity index (χ0v) is 14.1. The highest BCUT2D eigenvalue weighted by molar-refractivity contribution is 7.14. The first kappa shape index (κ1) is 14.8. The standard InChI is InChI=1S/C18H16N2O3S/c1-11-7-13(21-2)4-5-14(11)15-9-24-18(20-15)19-12-3-6-16-17(8-12)23-10-22-16/h3-9H,10H2,1-2H3,(H,19,20). The van der Waals surface area contributed by atoms with Gasteiger partial charge in [-0.2, -0.15) is 0 Å². The van der Waals surface area contributed by atoms with Gasteiger partial charge in [-0.25, -0.2) is 4.98 Å². The maximum Gasteiger partial charge on any atom is 0.231 e. The molecule has 0 bridgehead atoms. The number of nitrogens with one attached hydrogen (secondary N) is 1. The molecule has 24 heavy (non-hydrogen) atoms. The molecular formula is C18H16N2O3S. The van der Waals surface area contributed by atoms with Crippen LogP contribution in [0.15, 0.2) is 41.8 Å². The van der Waals surface area contributed by atoms with Gasteiger partial charge in [0.05, 0.1) is 12.8 Å². The van der Waals surface area contributed by atoms with Crippen LogP contribution >= 0.6 is 11.3 Å². The first-order chi connectivity index (χ1) is 11.7. The van der Waals surface area contributed by atoms with E-state index in [-0.39, 0.29) is 6.79 Å². The van der Waals surface area contributed by atoms with Crippen LogP contribution in [0.25, 0.3) is 11.3 Å². The summed E-state index contributed by atoms with van der Waals surface area (Å²) in [6.07, 6.45) is 0. The number of nitrogens with zero attached hydrogens (tertiary/aromatic N) is 1. The van der Waals surface area contributed by atoms with Crippen molar-refractivity contribution in [1.29, 1.82) is 0 Å². The number of rotatable bonds is 4. The molecule has 0 saturated carbocycles. The molecule has 0 aliphatic carbocycles. The molecule has 0 amide bonds. The zero-order valence-electron chi connectivity index (χ0n) is 13.3. The van der Waals surface area contributed by atoms with Gasteiger partial charge in [0, 0.05) is 22.7 Å². The van der Waals surface area contributed by atoms with Crippen LogP contribution in [0.3, 0.4) is 0 Å². The Balaban J connectivity index is 1.57. The van der Waals surface area contributed by atoms with Gasteiger partial charge < -0.3 is 19.5 Å². The average molecular weight is 340 g/mol. The molecule has 6 heteroatoms. The lowest BCUT2D eigenvalue weighted by atomic mass is 10.1. The van der Waals surface area contributed by atoms with Gasteiger partial charge in [-0.05, 0) is 42.8 Å². The molecule has 0 atom stereocenters. The molecule has 2 aromatic carbocycles. The molecule has 0 unspecified atom stereocenters. The Morgan fingerprint density at radius 3 is 2.83 bits per heavy atom. The van der Waals surface area contributed by atoms with Gasteiger partial charge in [0.2, 0.25) is 6.79 Å². The average Bonchev–Trinajstić information content (AvgIpc) is 3.23. The highest BCUT2D eigenvalue weighted by Crippen LogP contribution is 2.36. The monoisotopic (exact) mass is 340 g/mol. The fraction of sp³-hybridized carbons (Fsp3) is 0.167. The van der Waals surface area contributed by atoms with E-state index in [1.54, 1.807) is 18.4 Å². The van der Waals surface area contributed by atoms with Gasteiger partial charge in [0.1, 0.15) is 5.75 Å². The van der Waals surface area contributed by atoms with Gasteiger partial charge in [-0.15, -0.1) is 11.3 Å². The molecule has 3 aromatic rings. The van der Waals surface area contributed by atoms with Crippen molar-refractivity contribution in [1.82, 2.24) is 4.98 Å². The molecule has 1 aliphatic heterocycles. The van der Waals surface area contributed by atoms with Gasteiger partial charge in [0.25, 0.3) is 0 Å². The van der Waals surface area contributed by atoms with E-state index >= 15 is 0 Å². The minimum absolute atomic E-state index is 0.275. The normalized spacial score (nSPS) is 12.2. The Morgan fingerprint density at radius 2 is 2.00 bits per heavy atom. The fourth-order valence-electron chi connectivity index (χ4n) is 2.60. The molecule has 2 heterocycles. The number of fused-ring (bicyclic) bond motifs is 1. The van der Waals surface area contributed by atoms with Crippen molar-refractivity contribution in [3.05, 3.63) is 47.3 Å². The number of thiazole rings is 1. The Bertz CT molecular complexity index is 892. The summed E-state index contributed by atoms with van der Waals surface area (Å²) in [5.41, 5.74) is 4.11. The molecule has 5 nitrogen and oxygen atoms in total. The van der Waals surface area contributed by atoms with Crippen LogP contribution in [0, 0.1) is 6.92 Å². The topological polar surface area (TPSA) is 52.6 Å². The second-order valence-electron chi connectivity index (χ2n) is 5.41. The fourth-order valence-corrected chi connectivity index (χ4v) is 3.33. The largest absolute Gasteiger partial charge is 0.497 e. The van der Waals surface area contributed by atoms with E-state index in [4.69, 9.17) is 14.2 Å². The van der Waals surface area contributed by atoms with Crippen LogP contribution in [0.2, 0.25) is 0 Å². The van der Waals surface area contributed by atoms with Gasteiger partial charge >= 0.3 is 0 Å². The molecule has 4 rings (SSSR count). The van der Waals surface area contributed by atoms with Crippen molar-refractivity contribution >= 4 is 22.2 Å². The van der Waals surface area contributed by atoms with E-state index in [2.05, 4.69) is 17.2 Å². The first-order valence-electron chi connectivity index (χ1n) is 7.50. The van der Waals surface area contributed by atoms with Crippen LogP contribution in [0.1, 0.15) is 5.56 Å². The lowest BCUT2D eigenvalue weighted by Gasteiger charge is -2.06. The number of methoxy groups -OCH3 is 1. The number of ether oxygens (including phenoxy) is 3. The van der Waals surface area contributed by atoms with E-state index in [0.29, 0.717) is 0 Å². The SMILES string of the molecule is COc1ccc(-c2csc(Nc3ccc4c(c3)OCO4)n2)c(C)c1. The number of hydrogen-bond acceptors (Lipinski definition) is 6. The van der Waals surface area contributed by atoms with Crippen LogP contribution in [-0.2, 0) is 0 Å². The predicted octanol–water partition coefficient (Wildman–Crippen LogP) is 4.60. The molecule has 0 fully saturated rings. The summed E-state index contributed by atoms with van der Waals surface area (Å²) in [5, 5.41) is 6.19.